The van der Waals surface area contributed by atoms with E-state index in [9.17, 15) is 5.11 Å². The molecule has 0 bridgehead atoms. The van der Waals surface area contributed by atoms with Gasteiger partial charge in [-0.1, -0.05) is 42.5 Å². The van der Waals surface area contributed by atoms with Crippen molar-refractivity contribution in [2.75, 3.05) is 5.32 Å². The fourth-order valence-electron chi connectivity index (χ4n) is 3.39. The molecule has 0 radical (unpaired) electrons. The van der Waals surface area contributed by atoms with Crippen LogP contribution in [-0.4, -0.2) is 15.1 Å². The van der Waals surface area contributed by atoms with Crippen molar-refractivity contribution in [3.05, 3.63) is 113 Å². The van der Waals surface area contributed by atoms with Crippen LogP contribution >= 0.6 is 11.3 Å². The number of nitrogens with zero attached hydrogens (tertiary/aromatic N) is 2. The summed E-state index contributed by atoms with van der Waals surface area (Å²) in [6.45, 7) is 0. The van der Waals surface area contributed by atoms with Crippen molar-refractivity contribution < 1.29 is 5.11 Å². The zero-order chi connectivity index (χ0) is 19.2. The van der Waals surface area contributed by atoms with Crippen LogP contribution in [0.4, 0.5) is 5.82 Å². The molecule has 2 N–H and O–H groups in total. The first-order valence-electron chi connectivity index (χ1n) is 9.16. The molecular formula is C23H21N3OS. The van der Waals surface area contributed by atoms with Crippen LogP contribution in [0.2, 0.25) is 0 Å². The number of pyridine rings is 2. The van der Waals surface area contributed by atoms with Gasteiger partial charge < -0.3 is 10.4 Å². The van der Waals surface area contributed by atoms with Gasteiger partial charge in [0.15, 0.2) is 0 Å². The van der Waals surface area contributed by atoms with E-state index < -0.39 is 6.10 Å². The molecule has 0 spiro atoms. The summed E-state index contributed by atoms with van der Waals surface area (Å²) in [7, 11) is 0. The van der Waals surface area contributed by atoms with Crippen LogP contribution in [0.3, 0.4) is 0 Å². The summed E-state index contributed by atoms with van der Waals surface area (Å²) in [5.41, 5.74) is 2.79. The SMILES string of the molecule is OC(c1ccccc1)C(c1ccccn1)C(Nc1ccccn1)c1ccsc1. The van der Waals surface area contributed by atoms with E-state index in [1.807, 2.05) is 72.1 Å². The molecular weight excluding hydrogens is 366 g/mol. The molecule has 0 saturated carbocycles. The Morgan fingerprint density at radius 3 is 2.18 bits per heavy atom. The molecule has 4 nitrogen and oxygen atoms in total. The normalized spacial score (nSPS) is 14.2. The van der Waals surface area contributed by atoms with E-state index in [1.54, 1.807) is 23.7 Å². The third-order valence-corrected chi connectivity index (χ3v) is 5.44. The molecule has 0 aliphatic rings. The highest BCUT2D eigenvalue weighted by atomic mass is 32.1. The number of anilines is 1. The Balaban J connectivity index is 1.79. The Kier molecular flexibility index (Phi) is 5.75. The van der Waals surface area contributed by atoms with Gasteiger partial charge in [0, 0.05) is 18.1 Å². The zero-order valence-electron chi connectivity index (χ0n) is 15.2. The minimum absolute atomic E-state index is 0.189. The lowest BCUT2D eigenvalue weighted by molar-refractivity contribution is 0.133. The van der Waals surface area contributed by atoms with Crippen molar-refractivity contribution in [2.45, 2.75) is 18.1 Å². The molecule has 1 aromatic carbocycles. The van der Waals surface area contributed by atoms with Gasteiger partial charge in [0.1, 0.15) is 5.82 Å². The van der Waals surface area contributed by atoms with Crippen LogP contribution in [0.25, 0.3) is 0 Å². The molecule has 0 aliphatic carbocycles. The molecule has 5 heteroatoms. The summed E-state index contributed by atoms with van der Waals surface area (Å²) in [5.74, 6) is 0.472. The highest BCUT2D eigenvalue weighted by molar-refractivity contribution is 7.08. The molecule has 4 aromatic rings. The molecule has 140 valence electrons. The van der Waals surface area contributed by atoms with Crippen LogP contribution < -0.4 is 5.32 Å². The summed E-state index contributed by atoms with van der Waals surface area (Å²) in [6, 6.07) is 23.2. The monoisotopic (exact) mass is 387 g/mol. The van der Waals surface area contributed by atoms with Crippen molar-refractivity contribution in [3.63, 3.8) is 0 Å². The summed E-state index contributed by atoms with van der Waals surface area (Å²) in [5, 5.41) is 19.1. The lowest BCUT2D eigenvalue weighted by atomic mass is 9.83. The van der Waals surface area contributed by atoms with Gasteiger partial charge in [-0.3, -0.25) is 4.98 Å². The van der Waals surface area contributed by atoms with Gasteiger partial charge in [0.2, 0.25) is 0 Å². The molecule has 0 amide bonds. The third-order valence-electron chi connectivity index (χ3n) is 4.74. The van der Waals surface area contributed by atoms with E-state index >= 15 is 0 Å². The van der Waals surface area contributed by atoms with Crippen LogP contribution in [0.15, 0.2) is 96.0 Å². The van der Waals surface area contributed by atoms with Gasteiger partial charge in [-0.25, -0.2) is 4.98 Å². The van der Waals surface area contributed by atoms with E-state index in [4.69, 9.17) is 0 Å². The smallest absolute Gasteiger partial charge is 0.126 e. The minimum atomic E-state index is -0.725. The van der Waals surface area contributed by atoms with Gasteiger partial charge in [0.25, 0.3) is 0 Å². The Labute approximate surface area is 168 Å². The fourth-order valence-corrected chi connectivity index (χ4v) is 4.08. The van der Waals surface area contributed by atoms with Crippen molar-refractivity contribution in [2.24, 2.45) is 0 Å². The lowest BCUT2D eigenvalue weighted by Gasteiger charge is -2.32. The maximum atomic E-state index is 11.4. The average molecular weight is 388 g/mol. The Hall–Kier alpha value is -3.02. The molecule has 3 aromatic heterocycles. The number of aromatic nitrogens is 2. The number of hydrogen-bond donors (Lipinski definition) is 2. The standard InChI is InChI=1S/C23H21N3OS/c27-23(17-8-2-1-3-9-17)21(19-10-4-6-13-24-19)22(18-12-15-28-16-18)26-20-11-5-7-14-25-20/h1-16,21-23,27H,(H,25,26). The predicted molar refractivity (Wildman–Crippen MR) is 113 cm³/mol. The lowest BCUT2D eigenvalue weighted by Crippen LogP contribution is -2.26. The van der Waals surface area contributed by atoms with Crippen LogP contribution in [0.5, 0.6) is 0 Å². The maximum Gasteiger partial charge on any atom is 0.126 e. The zero-order valence-corrected chi connectivity index (χ0v) is 16.0. The maximum absolute atomic E-state index is 11.4. The van der Waals surface area contributed by atoms with E-state index in [1.165, 1.54) is 0 Å². The third kappa shape index (κ3) is 4.11. The average Bonchev–Trinajstić information content (AvgIpc) is 3.30. The molecule has 3 atom stereocenters. The largest absolute Gasteiger partial charge is 0.388 e. The second kappa shape index (κ2) is 8.78. The van der Waals surface area contributed by atoms with Crippen LogP contribution in [-0.2, 0) is 0 Å². The second-order valence-corrected chi connectivity index (χ2v) is 7.31. The van der Waals surface area contributed by atoms with Gasteiger partial charge in [-0.05, 0) is 52.2 Å². The Morgan fingerprint density at radius 2 is 1.54 bits per heavy atom. The number of hydrogen-bond acceptors (Lipinski definition) is 5. The Bertz CT molecular complexity index is 963. The number of aliphatic hydroxyl groups excluding tert-OH is 1. The van der Waals surface area contributed by atoms with Crippen LogP contribution in [0, 0.1) is 0 Å². The molecule has 4 rings (SSSR count). The van der Waals surface area contributed by atoms with Gasteiger partial charge in [0.05, 0.1) is 18.1 Å². The predicted octanol–water partition coefficient (Wildman–Crippen LogP) is 5.21. The molecule has 0 aliphatic heterocycles. The first kappa shape index (κ1) is 18.3. The van der Waals surface area contributed by atoms with Gasteiger partial charge in [-0.2, -0.15) is 11.3 Å². The first-order chi connectivity index (χ1) is 13.8. The molecule has 0 fully saturated rings. The van der Waals surface area contributed by atoms with Gasteiger partial charge >= 0.3 is 0 Å². The van der Waals surface area contributed by atoms with E-state index in [2.05, 4.69) is 26.7 Å². The van der Waals surface area contributed by atoms with Crippen molar-refractivity contribution >= 4 is 17.2 Å². The van der Waals surface area contributed by atoms with Crippen molar-refractivity contribution in [3.8, 4) is 0 Å². The minimum Gasteiger partial charge on any atom is -0.388 e. The van der Waals surface area contributed by atoms with Crippen molar-refractivity contribution in [1.82, 2.24) is 9.97 Å². The summed E-state index contributed by atoms with van der Waals surface area (Å²) >= 11 is 1.64. The molecule has 28 heavy (non-hydrogen) atoms. The Morgan fingerprint density at radius 1 is 0.786 bits per heavy atom. The van der Waals surface area contributed by atoms with E-state index in [0.29, 0.717) is 0 Å². The summed E-state index contributed by atoms with van der Waals surface area (Å²) in [6.07, 6.45) is 2.80. The second-order valence-electron chi connectivity index (χ2n) is 6.53. The van der Waals surface area contributed by atoms with Gasteiger partial charge in [-0.15, -0.1) is 0 Å². The van der Waals surface area contributed by atoms with E-state index in [-0.39, 0.29) is 12.0 Å². The molecule has 3 unspecified atom stereocenters. The number of aliphatic hydroxyl groups is 1. The number of thiophene rings is 1. The highest BCUT2D eigenvalue weighted by Gasteiger charge is 2.33. The highest BCUT2D eigenvalue weighted by Crippen LogP contribution is 2.42. The topological polar surface area (TPSA) is 58.0 Å². The van der Waals surface area contributed by atoms with E-state index in [0.717, 1.165) is 22.6 Å². The quantitative estimate of drug-likeness (QED) is 0.457. The van der Waals surface area contributed by atoms with Crippen LogP contribution in [0.1, 0.15) is 34.9 Å². The number of nitrogens with one attached hydrogen (secondary N) is 1. The summed E-state index contributed by atoms with van der Waals surface area (Å²) < 4.78 is 0. The summed E-state index contributed by atoms with van der Waals surface area (Å²) in [4.78, 5) is 9.01. The molecule has 3 heterocycles. The first-order valence-corrected chi connectivity index (χ1v) is 10.1. The molecule has 0 saturated heterocycles. The number of benzene rings is 1. The fraction of sp³-hybridized carbons (Fsp3) is 0.130. The number of rotatable bonds is 7. The van der Waals surface area contributed by atoms with Crippen molar-refractivity contribution in [1.29, 1.82) is 0 Å².